The van der Waals surface area contributed by atoms with Gasteiger partial charge in [0.25, 0.3) is 0 Å². The summed E-state index contributed by atoms with van der Waals surface area (Å²) in [6.45, 7) is 5.13. The number of nitrogens with one attached hydrogen (secondary N) is 1. The van der Waals surface area contributed by atoms with Gasteiger partial charge in [0.1, 0.15) is 11.6 Å². The van der Waals surface area contributed by atoms with Crippen molar-refractivity contribution in [1.82, 2.24) is 5.32 Å². The molecule has 16 heavy (non-hydrogen) atoms. The first-order chi connectivity index (χ1) is 7.26. The van der Waals surface area contributed by atoms with Crippen LogP contribution >= 0.6 is 11.6 Å². The average Bonchev–Trinajstić information content (AvgIpc) is 2.08. The number of amides is 1. The Balaban J connectivity index is 4.19. The molecule has 0 aliphatic heterocycles. The van der Waals surface area contributed by atoms with Gasteiger partial charge in [0.05, 0.1) is 0 Å². The maximum absolute atomic E-state index is 11.3. The molecule has 2 N–H and O–H groups in total. The van der Waals surface area contributed by atoms with E-state index >= 15 is 0 Å². The van der Waals surface area contributed by atoms with Crippen molar-refractivity contribution in [2.24, 2.45) is 0 Å². The van der Waals surface area contributed by atoms with Gasteiger partial charge in [0.2, 0.25) is 0 Å². The van der Waals surface area contributed by atoms with Crippen molar-refractivity contribution in [3.63, 3.8) is 0 Å². The third-order valence-corrected chi connectivity index (χ3v) is 1.88. The van der Waals surface area contributed by atoms with Gasteiger partial charge in [-0.2, -0.15) is 0 Å². The Morgan fingerprint density at radius 1 is 1.44 bits per heavy atom. The van der Waals surface area contributed by atoms with Crippen LogP contribution in [0.4, 0.5) is 4.79 Å². The molecule has 0 aromatic rings. The van der Waals surface area contributed by atoms with Gasteiger partial charge in [-0.15, -0.1) is 11.6 Å². The molecule has 6 heteroatoms. The maximum Gasteiger partial charge on any atom is 0.408 e. The molecule has 0 aliphatic rings. The van der Waals surface area contributed by atoms with Gasteiger partial charge in [-0.05, 0) is 33.6 Å². The van der Waals surface area contributed by atoms with Crippen LogP contribution in [0, 0.1) is 0 Å². The van der Waals surface area contributed by atoms with Crippen LogP contribution in [0.1, 0.15) is 33.6 Å². The minimum absolute atomic E-state index is 0.290. The lowest BCUT2D eigenvalue weighted by molar-refractivity contribution is -0.139. The number of alkyl halides is 1. The molecule has 1 atom stereocenters. The van der Waals surface area contributed by atoms with Crippen molar-refractivity contribution in [1.29, 1.82) is 0 Å². The summed E-state index contributed by atoms with van der Waals surface area (Å²) in [6.07, 6.45) is 0.0846. The highest BCUT2D eigenvalue weighted by Crippen LogP contribution is 2.07. The molecule has 0 heterocycles. The molecule has 1 unspecified atom stereocenters. The van der Waals surface area contributed by atoms with E-state index < -0.39 is 23.7 Å². The summed E-state index contributed by atoms with van der Waals surface area (Å²) in [5.74, 6) is -0.726. The van der Waals surface area contributed by atoms with E-state index in [0.29, 0.717) is 12.3 Å². The topological polar surface area (TPSA) is 75.6 Å². The standard InChI is InChI=1S/C10H18ClNO4/c1-10(2,3)16-9(15)12-7(8(13)14)5-4-6-11/h7H,4-6H2,1-3H3,(H,12,15)(H,13,14). The van der Waals surface area contributed by atoms with Crippen LogP contribution in [0.2, 0.25) is 0 Å². The lowest BCUT2D eigenvalue weighted by atomic mass is 10.2. The fraction of sp³-hybridized carbons (Fsp3) is 0.800. The first kappa shape index (κ1) is 15.0. The van der Waals surface area contributed by atoms with E-state index in [-0.39, 0.29) is 6.42 Å². The molecule has 5 nitrogen and oxygen atoms in total. The Hall–Kier alpha value is -0.970. The van der Waals surface area contributed by atoms with Crippen molar-refractivity contribution >= 4 is 23.7 Å². The zero-order valence-electron chi connectivity index (χ0n) is 9.75. The third kappa shape index (κ3) is 7.34. The largest absolute Gasteiger partial charge is 0.480 e. The van der Waals surface area contributed by atoms with Gasteiger partial charge in [-0.3, -0.25) is 0 Å². The van der Waals surface area contributed by atoms with Crippen molar-refractivity contribution in [3.8, 4) is 0 Å². The highest BCUT2D eigenvalue weighted by Gasteiger charge is 2.23. The zero-order valence-corrected chi connectivity index (χ0v) is 10.5. The molecule has 0 bridgehead atoms. The number of aliphatic carboxylic acids is 1. The second-order valence-corrected chi connectivity index (χ2v) is 4.75. The lowest BCUT2D eigenvalue weighted by Crippen LogP contribution is -2.43. The SMILES string of the molecule is CC(C)(C)OC(=O)NC(CCCCl)C(=O)O. The van der Waals surface area contributed by atoms with E-state index in [1.807, 2.05) is 0 Å². The molecule has 1 amide bonds. The molecule has 0 rings (SSSR count). The van der Waals surface area contributed by atoms with Crippen LogP contribution in [0.5, 0.6) is 0 Å². The summed E-state index contributed by atoms with van der Waals surface area (Å²) in [5, 5.41) is 11.1. The summed E-state index contributed by atoms with van der Waals surface area (Å²) >= 11 is 5.46. The Morgan fingerprint density at radius 2 is 2.00 bits per heavy atom. The number of carboxylic acids is 1. The molecular weight excluding hydrogens is 234 g/mol. The molecule has 94 valence electrons. The minimum Gasteiger partial charge on any atom is -0.480 e. The molecular formula is C10H18ClNO4. The van der Waals surface area contributed by atoms with Crippen LogP contribution in [-0.4, -0.2) is 34.7 Å². The molecule has 0 spiro atoms. The van der Waals surface area contributed by atoms with E-state index in [9.17, 15) is 9.59 Å². The van der Waals surface area contributed by atoms with Crippen LogP contribution in [-0.2, 0) is 9.53 Å². The number of hydrogen-bond donors (Lipinski definition) is 2. The monoisotopic (exact) mass is 251 g/mol. The number of rotatable bonds is 5. The Kier molecular flexibility index (Phi) is 6.18. The van der Waals surface area contributed by atoms with E-state index in [2.05, 4.69) is 5.32 Å². The van der Waals surface area contributed by atoms with Crippen LogP contribution < -0.4 is 5.32 Å². The van der Waals surface area contributed by atoms with Gasteiger partial charge in [-0.25, -0.2) is 9.59 Å². The minimum atomic E-state index is -1.09. The number of carboxylic acid groups (broad SMARTS) is 1. The maximum atomic E-state index is 11.3. The molecule has 0 aromatic heterocycles. The Morgan fingerprint density at radius 3 is 2.38 bits per heavy atom. The van der Waals surface area contributed by atoms with Crippen molar-refractivity contribution in [2.75, 3.05) is 5.88 Å². The summed E-state index contributed by atoms with van der Waals surface area (Å²) in [6, 6.07) is -0.950. The van der Waals surface area contributed by atoms with Gasteiger partial charge >= 0.3 is 12.1 Å². The van der Waals surface area contributed by atoms with E-state index in [1.54, 1.807) is 20.8 Å². The second kappa shape index (κ2) is 6.58. The normalized spacial score (nSPS) is 13.0. The molecule has 0 saturated heterocycles. The number of carbonyl (C=O) groups excluding carboxylic acids is 1. The number of carbonyl (C=O) groups is 2. The van der Waals surface area contributed by atoms with E-state index in [1.165, 1.54) is 0 Å². The predicted octanol–water partition coefficient (Wildman–Crippen LogP) is 1.98. The summed E-state index contributed by atoms with van der Waals surface area (Å²) in [7, 11) is 0. The number of hydrogen-bond acceptors (Lipinski definition) is 3. The third-order valence-electron chi connectivity index (χ3n) is 1.62. The molecule has 0 aliphatic carbocycles. The average molecular weight is 252 g/mol. The number of halogens is 1. The van der Waals surface area contributed by atoms with E-state index in [0.717, 1.165) is 0 Å². The second-order valence-electron chi connectivity index (χ2n) is 4.37. The van der Waals surface area contributed by atoms with E-state index in [4.69, 9.17) is 21.4 Å². The van der Waals surface area contributed by atoms with Crippen molar-refractivity contribution < 1.29 is 19.4 Å². The van der Waals surface area contributed by atoms with Gasteiger partial charge in [0, 0.05) is 5.88 Å². The van der Waals surface area contributed by atoms with Gasteiger partial charge in [0.15, 0.2) is 0 Å². The summed E-state index contributed by atoms with van der Waals surface area (Å²) < 4.78 is 4.95. The molecule has 0 aromatic carbocycles. The number of alkyl carbamates (subject to hydrolysis) is 1. The highest BCUT2D eigenvalue weighted by molar-refractivity contribution is 6.17. The molecule has 0 fully saturated rings. The quantitative estimate of drug-likeness (QED) is 0.733. The fourth-order valence-electron chi connectivity index (χ4n) is 0.988. The number of ether oxygens (including phenoxy) is 1. The van der Waals surface area contributed by atoms with Crippen LogP contribution in [0.25, 0.3) is 0 Å². The summed E-state index contributed by atoms with van der Waals surface area (Å²) in [4.78, 5) is 22.1. The molecule has 0 radical (unpaired) electrons. The smallest absolute Gasteiger partial charge is 0.408 e. The Labute approximate surface area is 100 Å². The van der Waals surface area contributed by atoms with Gasteiger partial charge < -0.3 is 15.2 Å². The summed E-state index contributed by atoms with van der Waals surface area (Å²) in [5.41, 5.74) is -0.639. The first-order valence-electron chi connectivity index (χ1n) is 5.04. The fourth-order valence-corrected chi connectivity index (χ4v) is 1.14. The lowest BCUT2D eigenvalue weighted by Gasteiger charge is -2.21. The van der Waals surface area contributed by atoms with Gasteiger partial charge in [-0.1, -0.05) is 0 Å². The Bertz CT molecular complexity index is 250. The van der Waals surface area contributed by atoms with Crippen LogP contribution in [0.15, 0.2) is 0 Å². The van der Waals surface area contributed by atoms with Crippen molar-refractivity contribution in [2.45, 2.75) is 45.3 Å². The van der Waals surface area contributed by atoms with Crippen LogP contribution in [0.3, 0.4) is 0 Å². The molecule has 0 saturated carbocycles. The van der Waals surface area contributed by atoms with Crippen molar-refractivity contribution in [3.05, 3.63) is 0 Å². The predicted molar refractivity (Wildman–Crippen MR) is 60.7 cm³/mol. The first-order valence-corrected chi connectivity index (χ1v) is 5.58. The highest BCUT2D eigenvalue weighted by atomic mass is 35.5. The zero-order chi connectivity index (χ0) is 12.8.